The molecule has 0 saturated carbocycles. The molecule has 0 aliphatic carbocycles. The molecule has 0 spiro atoms. The summed E-state index contributed by atoms with van der Waals surface area (Å²) in [5.41, 5.74) is -0.763. The molecule has 0 aliphatic rings. The van der Waals surface area contributed by atoms with Crippen molar-refractivity contribution in [2.24, 2.45) is 0 Å². The van der Waals surface area contributed by atoms with Gasteiger partial charge in [-0.2, -0.15) is 12.7 Å². The molecule has 0 N–H and O–H groups in total. The Hall–Kier alpha value is -2.76. The zero-order valence-electron chi connectivity index (χ0n) is 8.79. The van der Waals surface area contributed by atoms with E-state index in [0.717, 1.165) is 18.2 Å². The summed E-state index contributed by atoms with van der Waals surface area (Å²) < 4.78 is 26.3. The lowest BCUT2D eigenvalue weighted by atomic mass is 10.2. The normalized spacial score (nSPS) is 10.5. The Balaban J connectivity index is 3.27. The summed E-state index contributed by atoms with van der Waals surface area (Å²) in [6.45, 7) is 0. The van der Waals surface area contributed by atoms with Crippen LogP contribution in [-0.2, 0) is 19.2 Å². The van der Waals surface area contributed by atoms with Crippen LogP contribution in [0.5, 0.6) is 0 Å². The minimum absolute atomic E-state index is 0.763. The second kappa shape index (κ2) is 5.26. The molecular formula is C7H4N2O9S. The van der Waals surface area contributed by atoms with Crippen molar-refractivity contribution < 1.29 is 32.5 Å². The van der Waals surface area contributed by atoms with Crippen LogP contribution in [0.3, 0.4) is 0 Å². The van der Waals surface area contributed by atoms with Gasteiger partial charge in [-0.3, -0.25) is 4.79 Å². The highest BCUT2D eigenvalue weighted by Crippen LogP contribution is 2.18. The second-order valence-electron chi connectivity index (χ2n) is 2.85. The average Bonchev–Trinajstić information content (AvgIpc) is 2.26. The maximum Gasteiger partial charge on any atom is 0.335 e. The first-order chi connectivity index (χ1) is 8.74. The summed E-state index contributed by atoms with van der Waals surface area (Å²) >= 11 is 0. The van der Waals surface area contributed by atoms with Crippen LogP contribution in [0.15, 0.2) is 29.2 Å². The number of hydrogen-bond acceptors (Lipinski definition) is 9. The average molecular weight is 292 g/mol. The molecular weight excluding hydrogens is 288 g/mol. The van der Waals surface area contributed by atoms with E-state index < -0.39 is 36.7 Å². The molecule has 1 aromatic carbocycles. The van der Waals surface area contributed by atoms with Crippen LogP contribution >= 0.6 is 0 Å². The Kier molecular flexibility index (Phi) is 3.96. The van der Waals surface area contributed by atoms with Crippen LogP contribution in [0.25, 0.3) is 0 Å². The predicted molar refractivity (Wildman–Crippen MR) is 54.1 cm³/mol. The molecule has 0 heterocycles. The number of rotatable bonds is 5. The van der Waals surface area contributed by atoms with Crippen LogP contribution in [-0.4, -0.2) is 24.6 Å². The Morgan fingerprint density at radius 3 is 2.21 bits per heavy atom. The monoisotopic (exact) mass is 292 g/mol. The van der Waals surface area contributed by atoms with Gasteiger partial charge in [-0.15, -0.1) is 20.2 Å². The largest absolute Gasteiger partial charge is 0.335 e. The van der Waals surface area contributed by atoms with Gasteiger partial charge in [0.1, 0.15) is 4.90 Å². The molecule has 1 aromatic rings. The molecule has 102 valence electrons. The van der Waals surface area contributed by atoms with Crippen molar-refractivity contribution in [3.8, 4) is 0 Å². The van der Waals surface area contributed by atoms with Crippen LogP contribution in [0.1, 0.15) is 10.4 Å². The molecule has 0 bridgehead atoms. The highest BCUT2D eigenvalue weighted by atomic mass is 32.2. The van der Waals surface area contributed by atoms with Gasteiger partial charge < -0.3 is 0 Å². The van der Waals surface area contributed by atoms with E-state index in [-0.39, 0.29) is 0 Å². The molecule has 0 aliphatic heterocycles. The van der Waals surface area contributed by atoms with Gasteiger partial charge in [0.25, 0.3) is 0 Å². The first-order valence-electron chi connectivity index (χ1n) is 4.29. The van der Waals surface area contributed by atoms with Crippen LogP contribution in [0.2, 0.25) is 0 Å². The Morgan fingerprint density at radius 2 is 1.68 bits per heavy atom. The van der Waals surface area contributed by atoms with Crippen molar-refractivity contribution in [1.82, 2.24) is 0 Å². The van der Waals surface area contributed by atoms with Crippen molar-refractivity contribution in [2.45, 2.75) is 4.90 Å². The number of hydrogen-bond donors (Lipinski definition) is 0. The zero-order chi connectivity index (χ0) is 14.6. The Bertz CT molecular complexity index is 638. The molecule has 0 atom stereocenters. The van der Waals surface area contributed by atoms with Gasteiger partial charge in [0.2, 0.25) is 0 Å². The number of nitrogens with zero attached hydrogens (tertiary/aromatic N) is 2. The van der Waals surface area contributed by atoms with Gasteiger partial charge in [0, 0.05) is 0 Å². The van der Waals surface area contributed by atoms with Crippen LogP contribution < -0.4 is 0 Å². The lowest BCUT2D eigenvalue weighted by Gasteiger charge is -2.06. The second-order valence-corrected chi connectivity index (χ2v) is 4.35. The van der Waals surface area contributed by atoms with E-state index in [1.54, 1.807) is 0 Å². The van der Waals surface area contributed by atoms with E-state index in [4.69, 9.17) is 0 Å². The first kappa shape index (κ1) is 14.3. The van der Waals surface area contributed by atoms with Crippen LogP contribution in [0.4, 0.5) is 0 Å². The van der Waals surface area contributed by atoms with Crippen molar-refractivity contribution in [3.05, 3.63) is 50.1 Å². The summed E-state index contributed by atoms with van der Waals surface area (Å²) in [7, 11) is -4.89. The maximum absolute atomic E-state index is 11.4. The van der Waals surface area contributed by atoms with Gasteiger partial charge in [0.05, 0.1) is 5.56 Å². The fraction of sp³-hybridized carbons (Fsp3) is 0. The fourth-order valence-electron chi connectivity index (χ4n) is 1.09. The molecule has 0 amide bonds. The maximum atomic E-state index is 11.4. The number of carbonyl (C=O) groups excluding carboxylic acids is 1. The van der Waals surface area contributed by atoms with E-state index in [0.29, 0.717) is 0 Å². The summed E-state index contributed by atoms with van der Waals surface area (Å²) in [5, 5.41) is 17.0. The lowest BCUT2D eigenvalue weighted by molar-refractivity contribution is -0.727. The summed E-state index contributed by atoms with van der Waals surface area (Å²) in [6, 6.07) is 4.00. The molecule has 12 heteroatoms. The molecule has 19 heavy (non-hydrogen) atoms. The quantitative estimate of drug-likeness (QED) is 0.535. The van der Waals surface area contributed by atoms with Gasteiger partial charge in [-0.1, -0.05) is 12.1 Å². The van der Waals surface area contributed by atoms with Gasteiger partial charge in [-0.25, -0.2) is 4.84 Å². The molecule has 0 fully saturated rings. The van der Waals surface area contributed by atoms with Gasteiger partial charge in [-0.05, 0) is 12.1 Å². The predicted octanol–water partition coefficient (Wildman–Crippen LogP) is -0.0679. The molecule has 0 saturated heterocycles. The van der Waals surface area contributed by atoms with E-state index in [1.165, 1.54) is 6.07 Å². The van der Waals surface area contributed by atoms with Crippen molar-refractivity contribution in [3.63, 3.8) is 0 Å². The molecule has 1 rings (SSSR count). The Morgan fingerprint density at radius 1 is 1.11 bits per heavy atom. The molecule has 11 nitrogen and oxygen atoms in total. The first-order valence-corrected chi connectivity index (χ1v) is 5.69. The van der Waals surface area contributed by atoms with E-state index in [1.807, 2.05) is 0 Å². The highest BCUT2D eigenvalue weighted by molar-refractivity contribution is 7.86. The lowest BCUT2D eigenvalue weighted by Crippen LogP contribution is -2.18. The smallest absolute Gasteiger partial charge is 0.263 e. The Labute approximate surface area is 104 Å². The molecule has 0 unspecified atom stereocenters. The van der Waals surface area contributed by atoms with Crippen molar-refractivity contribution >= 4 is 16.1 Å². The standard InChI is InChI=1S/C7H4N2O9S/c10-7(17-8(11)12)5-3-1-2-4-6(5)19(15,16)18-9(13)14/h1-4H. The van der Waals surface area contributed by atoms with Gasteiger partial charge in [0.15, 0.2) is 0 Å². The fourth-order valence-corrected chi connectivity index (χ4v) is 2.00. The summed E-state index contributed by atoms with van der Waals surface area (Å²) in [5.74, 6) is -1.60. The van der Waals surface area contributed by atoms with E-state index in [9.17, 15) is 33.4 Å². The third-order valence-electron chi connectivity index (χ3n) is 1.69. The highest BCUT2D eigenvalue weighted by Gasteiger charge is 2.27. The van der Waals surface area contributed by atoms with Crippen molar-refractivity contribution in [2.75, 3.05) is 0 Å². The molecule has 0 radical (unpaired) electrons. The number of benzene rings is 1. The van der Waals surface area contributed by atoms with E-state index >= 15 is 0 Å². The zero-order valence-corrected chi connectivity index (χ0v) is 9.60. The van der Waals surface area contributed by atoms with Crippen LogP contribution in [0, 0.1) is 20.2 Å². The minimum atomic E-state index is -4.89. The minimum Gasteiger partial charge on any atom is -0.263 e. The summed E-state index contributed by atoms with van der Waals surface area (Å²) in [4.78, 5) is 33.9. The van der Waals surface area contributed by atoms with Gasteiger partial charge >= 0.3 is 26.3 Å². The molecule has 0 aromatic heterocycles. The SMILES string of the molecule is O=C(O[N+](=O)[O-])c1ccccc1S(=O)(=O)O[N+](=O)[O-]. The van der Waals surface area contributed by atoms with E-state index in [2.05, 4.69) is 9.12 Å². The van der Waals surface area contributed by atoms with Crippen molar-refractivity contribution in [1.29, 1.82) is 0 Å². The third-order valence-corrected chi connectivity index (χ3v) is 2.91. The third kappa shape index (κ3) is 3.60. The summed E-state index contributed by atoms with van der Waals surface area (Å²) in [6.07, 6.45) is 0. The topological polar surface area (TPSA) is 156 Å². The number of carbonyl (C=O) groups is 1.